The average Bonchev–Trinajstić information content (AvgIpc) is 3.25. The van der Waals surface area contributed by atoms with Crippen LogP contribution >= 0.6 is 47.0 Å². The number of carboxylic acid groups (broad SMARTS) is 2. The average molecular weight is 553 g/mol. The van der Waals surface area contributed by atoms with Gasteiger partial charge in [0.2, 0.25) is 11.8 Å². The monoisotopic (exact) mass is 552 g/mol. The quantitative estimate of drug-likeness (QED) is 0.251. The van der Waals surface area contributed by atoms with Gasteiger partial charge in [-0.3, -0.25) is 19.2 Å². The Balaban J connectivity index is 1.52. The van der Waals surface area contributed by atoms with Crippen molar-refractivity contribution in [3.8, 4) is 0 Å². The highest BCUT2D eigenvalue weighted by Crippen LogP contribution is 2.52. The molecule has 2 rings (SSSR count). The molecule has 0 bridgehead atoms. The van der Waals surface area contributed by atoms with Crippen molar-refractivity contribution in [2.45, 2.75) is 95.4 Å². The van der Waals surface area contributed by atoms with Gasteiger partial charge in [0.1, 0.15) is 21.0 Å². The number of amides is 2. The van der Waals surface area contributed by atoms with E-state index >= 15 is 0 Å². The number of thioether (sulfide) groups is 4. The molecule has 2 aliphatic rings. The van der Waals surface area contributed by atoms with E-state index in [1.807, 2.05) is 27.7 Å². The number of unbranched alkanes of at least 4 members (excludes halogenated alkanes) is 5. The van der Waals surface area contributed by atoms with Crippen LogP contribution < -0.4 is 10.6 Å². The van der Waals surface area contributed by atoms with Crippen LogP contribution in [0.15, 0.2) is 0 Å². The molecule has 2 aliphatic heterocycles. The molecule has 34 heavy (non-hydrogen) atoms. The fourth-order valence-corrected chi connectivity index (χ4v) is 10.2. The molecular weight excluding hydrogens is 517 g/mol. The van der Waals surface area contributed by atoms with Crippen molar-refractivity contribution in [3.05, 3.63) is 0 Å². The zero-order valence-electron chi connectivity index (χ0n) is 20.1. The summed E-state index contributed by atoms with van der Waals surface area (Å²) in [7, 11) is 0. The fraction of sp³-hybridized carbons (Fsp3) is 0.818. The second-order valence-corrected chi connectivity index (χ2v) is 16.9. The maximum atomic E-state index is 12.4. The summed E-state index contributed by atoms with van der Waals surface area (Å²) in [5.41, 5.74) is 0. The zero-order chi connectivity index (χ0) is 25.5. The van der Waals surface area contributed by atoms with Crippen LogP contribution in [-0.2, 0) is 19.2 Å². The Morgan fingerprint density at radius 3 is 1.21 bits per heavy atom. The molecule has 0 radical (unpaired) electrons. The first-order chi connectivity index (χ1) is 15.8. The van der Waals surface area contributed by atoms with E-state index in [-0.39, 0.29) is 20.0 Å². The van der Waals surface area contributed by atoms with Crippen molar-refractivity contribution in [2.75, 3.05) is 13.1 Å². The van der Waals surface area contributed by atoms with Crippen LogP contribution in [0.25, 0.3) is 0 Å². The molecule has 0 aliphatic carbocycles. The van der Waals surface area contributed by atoms with Gasteiger partial charge in [0, 0.05) is 13.1 Å². The Kier molecular flexibility index (Phi) is 11.3. The maximum absolute atomic E-state index is 12.4. The first kappa shape index (κ1) is 29.5. The minimum absolute atomic E-state index is 0.196. The van der Waals surface area contributed by atoms with E-state index in [4.69, 9.17) is 0 Å². The van der Waals surface area contributed by atoms with Crippen molar-refractivity contribution < 1.29 is 29.4 Å². The normalized spacial score (nSPS) is 27.3. The molecule has 0 aromatic carbocycles. The summed E-state index contributed by atoms with van der Waals surface area (Å²) >= 11 is 5.48. The van der Waals surface area contributed by atoms with Crippen molar-refractivity contribution in [1.29, 1.82) is 0 Å². The Hall–Kier alpha value is -0.720. The van der Waals surface area contributed by atoms with E-state index in [1.54, 1.807) is 0 Å². The molecule has 2 amide bonds. The minimum atomic E-state index is -0.939. The molecule has 0 spiro atoms. The third kappa shape index (κ3) is 9.05. The predicted molar refractivity (Wildman–Crippen MR) is 143 cm³/mol. The van der Waals surface area contributed by atoms with Gasteiger partial charge in [-0.15, -0.1) is 47.0 Å². The van der Waals surface area contributed by atoms with Gasteiger partial charge >= 0.3 is 11.9 Å². The first-order valence-electron chi connectivity index (χ1n) is 11.6. The third-order valence-electron chi connectivity index (χ3n) is 5.40. The Bertz CT molecular complexity index is 702. The summed E-state index contributed by atoms with van der Waals surface area (Å²) in [4.78, 5) is 47.7. The standard InChI is InChI=1S/C22H36N2O6S4/c1-21(2)31-13(15(33-21)19(27)28)17(25)23-11-9-7-5-6-8-10-12-24-18(26)14-16(20(29)30)34-22(3,4)32-14/h13-16H,5-12H2,1-4H3,(H,23,25)(H,24,26)(H,27,28)(H,29,30). The number of nitrogens with one attached hydrogen (secondary N) is 2. The van der Waals surface area contributed by atoms with Crippen LogP contribution in [0.1, 0.15) is 66.2 Å². The number of hydrogen-bond donors (Lipinski definition) is 4. The van der Waals surface area contributed by atoms with Crippen LogP contribution in [-0.4, -0.2) is 76.2 Å². The number of carbonyl (C=O) groups excluding carboxylic acids is 2. The summed E-state index contributed by atoms with van der Waals surface area (Å²) in [5, 5.41) is 22.0. The lowest BCUT2D eigenvalue weighted by Crippen LogP contribution is -2.40. The molecule has 4 atom stereocenters. The van der Waals surface area contributed by atoms with Gasteiger partial charge < -0.3 is 20.8 Å². The minimum Gasteiger partial charge on any atom is -0.480 e. The van der Waals surface area contributed by atoms with Gasteiger partial charge in [-0.1, -0.05) is 25.7 Å². The topological polar surface area (TPSA) is 133 Å². The maximum Gasteiger partial charge on any atom is 0.318 e. The molecule has 0 aromatic rings. The van der Waals surface area contributed by atoms with Gasteiger partial charge in [0.15, 0.2) is 0 Å². The molecular formula is C22H36N2O6S4. The third-order valence-corrected chi connectivity index (χ3v) is 12.1. The summed E-state index contributed by atoms with van der Waals surface area (Å²) in [6.07, 6.45) is 5.67. The Morgan fingerprint density at radius 1 is 0.588 bits per heavy atom. The van der Waals surface area contributed by atoms with Crippen LogP contribution in [0.3, 0.4) is 0 Å². The predicted octanol–water partition coefficient (Wildman–Crippen LogP) is 3.64. The highest BCUT2D eigenvalue weighted by molar-refractivity contribution is 8.23. The molecule has 2 saturated heterocycles. The lowest BCUT2D eigenvalue weighted by Gasteiger charge is -2.15. The highest BCUT2D eigenvalue weighted by atomic mass is 32.2. The molecule has 0 aromatic heterocycles. The molecule has 4 unspecified atom stereocenters. The molecule has 0 saturated carbocycles. The van der Waals surface area contributed by atoms with Crippen LogP contribution in [0.4, 0.5) is 0 Å². The summed E-state index contributed by atoms with van der Waals surface area (Å²) in [6.45, 7) is 8.85. The highest BCUT2D eigenvalue weighted by Gasteiger charge is 2.49. The summed E-state index contributed by atoms with van der Waals surface area (Å²) in [6, 6.07) is 0. The van der Waals surface area contributed by atoms with Gasteiger partial charge in [0.25, 0.3) is 0 Å². The van der Waals surface area contributed by atoms with E-state index in [0.717, 1.165) is 38.5 Å². The molecule has 2 fully saturated rings. The van der Waals surface area contributed by atoms with E-state index < -0.39 is 32.9 Å². The van der Waals surface area contributed by atoms with Crippen LogP contribution in [0, 0.1) is 0 Å². The van der Waals surface area contributed by atoms with E-state index in [0.29, 0.717) is 13.1 Å². The van der Waals surface area contributed by atoms with Crippen molar-refractivity contribution in [3.63, 3.8) is 0 Å². The molecule has 12 heteroatoms. The second kappa shape index (κ2) is 13.0. The van der Waals surface area contributed by atoms with Gasteiger partial charge in [-0.05, 0) is 40.5 Å². The van der Waals surface area contributed by atoms with Gasteiger partial charge in [-0.25, -0.2) is 0 Å². The molecule has 8 nitrogen and oxygen atoms in total. The molecule has 194 valence electrons. The van der Waals surface area contributed by atoms with E-state index in [9.17, 15) is 29.4 Å². The van der Waals surface area contributed by atoms with Crippen LogP contribution in [0.5, 0.6) is 0 Å². The molecule has 2 heterocycles. The smallest absolute Gasteiger partial charge is 0.318 e. The first-order valence-corrected chi connectivity index (χ1v) is 15.1. The molecule has 4 N–H and O–H groups in total. The van der Waals surface area contributed by atoms with Gasteiger partial charge in [-0.2, -0.15) is 0 Å². The van der Waals surface area contributed by atoms with Crippen molar-refractivity contribution in [1.82, 2.24) is 10.6 Å². The van der Waals surface area contributed by atoms with Crippen molar-refractivity contribution in [2.24, 2.45) is 0 Å². The fourth-order valence-electron chi connectivity index (χ4n) is 3.85. The van der Waals surface area contributed by atoms with E-state index in [1.165, 1.54) is 47.0 Å². The number of aliphatic carboxylic acids is 2. The summed E-state index contributed by atoms with van der Waals surface area (Å²) < 4.78 is -0.567. The van der Waals surface area contributed by atoms with E-state index in [2.05, 4.69) is 10.6 Å². The van der Waals surface area contributed by atoms with Crippen molar-refractivity contribution >= 4 is 70.8 Å². The van der Waals surface area contributed by atoms with Gasteiger partial charge in [0.05, 0.1) is 8.16 Å². The van der Waals surface area contributed by atoms with Crippen LogP contribution in [0.2, 0.25) is 0 Å². The lowest BCUT2D eigenvalue weighted by molar-refractivity contribution is -0.138. The largest absolute Gasteiger partial charge is 0.480 e. The SMILES string of the molecule is CC1(C)SC(C(=O)O)C(C(=O)NCCCCCCCCNC(=O)C2SC(C)(C)SC2C(=O)O)S1. The lowest BCUT2D eigenvalue weighted by atomic mass is 10.1. The summed E-state index contributed by atoms with van der Waals surface area (Å²) in [5.74, 6) is -2.27. The number of hydrogen-bond acceptors (Lipinski definition) is 8. The Morgan fingerprint density at radius 2 is 0.882 bits per heavy atom. The zero-order valence-corrected chi connectivity index (χ0v) is 23.4. The second-order valence-electron chi connectivity index (χ2n) is 9.33. The number of carboxylic acids is 2. The number of carbonyl (C=O) groups is 4. The Labute approximate surface area is 218 Å². The number of rotatable bonds is 13.